The van der Waals surface area contributed by atoms with Gasteiger partial charge in [0, 0.05) is 6.42 Å². The second-order valence-corrected chi connectivity index (χ2v) is 3.39. The van der Waals surface area contributed by atoms with Crippen molar-refractivity contribution in [3.05, 3.63) is 47.7 Å². The predicted octanol–water partition coefficient (Wildman–Crippen LogP) is 2.58. The summed E-state index contributed by atoms with van der Waals surface area (Å²) in [5.74, 6) is 2.46. The van der Waals surface area contributed by atoms with Crippen LogP contribution in [0.4, 0.5) is 0 Å². The van der Waals surface area contributed by atoms with E-state index in [2.05, 4.69) is 4.98 Å². The molecule has 0 bridgehead atoms. The van der Waals surface area contributed by atoms with E-state index < -0.39 is 0 Å². The zero-order valence-corrected chi connectivity index (χ0v) is 8.86. The first-order chi connectivity index (χ1) is 7.28. The van der Waals surface area contributed by atoms with Gasteiger partial charge in [0.1, 0.15) is 11.5 Å². The minimum absolute atomic E-state index is 0.720. The molecule has 0 atom stereocenters. The Morgan fingerprint density at radius 3 is 2.53 bits per heavy atom. The molecule has 2 rings (SSSR count). The van der Waals surface area contributed by atoms with Crippen LogP contribution < -0.4 is 4.74 Å². The fourth-order valence-corrected chi connectivity index (χ4v) is 1.40. The molecule has 0 aliphatic heterocycles. The zero-order valence-electron chi connectivity index (χ0n) is 8.86. The molecule has 3 heteroatoms. The Kier molecular flexibility index (Phi) is 2.72. The maximum absolute atomic E-state index is 5.40. The van der Waals surface area contributed by atoms with Gasteiger partial charge in [0.2, 0.25) is 0 Å². The third-order valence-electron chi connectivity index (χ3n) is 2.18. The van der Waals surface area contributed by atoms with Gasteiger partial charge in [0.25, 0.3) is 0 Å². The van der Waals surface area contributed by atoms with E-state index in [9.17, 15) is 0 Å². The van der Waals surface area contributed by atoms with Crippen LogP contribution in [-0.2, 0) is 6.42 Å². The van der Waals surface area contributed by atoms with Gasteiger partial charge in [-0.05, 0) is 24.6 Å². The number of hydrogen-bond acceptors (Lipinski definition) is 3. The second-order valence-electron chi connectivity index (χ2n) is 3.39. The zero-order chi connectivity index (χ0) is 10.7. The van der Waals surface area contributed by atoms with E-state index in [1.54, 1.807) is 13.3 Å². The lowest BCUT2D eigenvalue weighted by molar-refractivity contribution is 0.414. The van der Waals surface area contributed by atoms with Gasteiger partial charge >= 0.3 is 0 Å². The first-order valence-corrected chi connectivity index (χ1v) is 4.82. The Bertz CT molecular complexity index is 431. The fourth-order valence-electron chi connectivity index (χ4n) is 1.40. The normalized spacial score (nSPS) is 10.3. The predicted molar refractivity (Wildman–Crippen MR) is 57.0 cm³/mol. The molecule has 0 saturated heterocycles. The van der Waals surface area contributed by atoms with Crippen molar-refractivity contribution in [2.45, 2.75) is 13.3 Å². The molecule has 0 fully saturated rings. The van der Waals surface area contributed by atoms with Crippen molar-refractivity contribution < 1.29 is 9.15 Å². The molecule has 0 aliphatic carbocycles. The molecule has 0 spiro atoms. The summed E-state index contributed by atoms with van der Waals surface area (Å²) < 4.78 is 10.5. The smallest absolute Gasteiger partial charge is 0.198 e. The highest BCUT2D eigenvalue weighted by molar-refractivity contribution is 5.28. The molecule has 3 nitrogen and oxygen atoms in total. The van der Waals surface area contributed by atoms with E-state index in [4.69, 9.17) is 9.15 Å². The average Bonchev–Trinajstić information content (AvgIpc) is 2.65. The quantitative estimate of drug-likeness (QED) is 0.769. The van der Waals surface area contributed by atoms with E-state index in [1.165, 1.54) is 0 Å². The Morgan fingerprint density at radius 1 is 1.27 bits per heavy atom. The van der Waals surface area contributed by atoms with Crippen molar-refractivity contribution in [1.82, 2.24) is 4.98 Å². The topological polar surface area (TPSA) is 35.3 Å². The lowest BCUT2D eigenvalue weighted by Gasteiger charge is -2.00. The van der Waals surface area contributed by atoms with Gasteiger partial charge in [0.15, 0.2) is 5.89 Å². The Balaban J connectivity index is 2.11. The summed E-state index contributed by atoms with van der Waals surface area (Å²) in [6.45, 7) is 1.89. The van der Waals surface area contributed by atoms with Crippen LogP contribution in [-0.4, -0.2) is 12.1 Å². The molecule has 1 heterocycles. The van der Waals surface area contributed by atoms with Gasteiger partial charge in [-0.1, -0.05) is 12.1 Å². The fraction of sp³-hybridized carbons (Fsp3) is 0.250. The third kappa shape index (κ3) is 2.37. The Morgan fingerprint density at radius 2 is 2.00 bits per heavy atom. The first kappa shape index (κ1) is 9.77. The number of rotatable bonds is 3. The SMILES string of the molecule is COc1ccc(Cc2ncc(C)o2)cc1. The second kappa shape index (κ2) is 4.17. The largest absolute Gasteiger partial charge is 0.497 e. The third-order valence-corrected chi connectivity index (χ3v) is 2.18. The van der Waals surface area contributed by atoms with E-state index in [1.807, 2.05) is 31.2 Å². The molecule has 0 amide bonds. The molecular weight excluding hydrogens is 190 g/mol. The van der Waals surface area contributed by atoms with E-state index >= 15 is 0 Å². The summed E-state index contributed by atoms with van der Waals surface area (Å²) in [6.07, 6.45) is 2.46. The average molecular weight is 203 g/mol. The summed E-state index contributed by atoms with van der Waals surface area (Å²) in [5.41, 5.74) is 1.16. The number of ether oxygens (including phenoxy) is 1. The maximum Gasteiger partial charge on any atom is 0.198 e. The molecule has 78 valence electrons. The van der Waals surface area contributed by atoms with E-state index in [-0.39, 0.29) is 0 Å². The van der Waals surface area contributed by atoms with Gasteiger partial charge < -0.3 is 9.15 Å². The summed E-state index contributed by atoms with van der Waals surface area (Å²) in [7, 11) is 1.66. The van der Waals surface area contributed by atoms with Crippen LogP contribution in [0, 0.1) is 6.92 Å². The Hall–Kier alpha value is -1.77. The molecule has 0 saturated carbocycles. The molecule has 15 heavy (non-hydrogen) atoms. The lowest BCUT2D eigenvalue weighted by Crippen LogP contribution is -1.88. The van der Waals surface area contributed by atoms with E-state index in [0.29, 0.717) is 0 Å². The number of hydrogen-bond donors (Lipinski definition) is 0. The van der Waals surface area contributed by atoms with Gasteiger partial charge in [-0.3, -0.25) is 0 Å². The number of methoxy groups -OCH3 is 1. The van der Waals surface area contributed by atoms with Crippen LogP contribution in [0.15, 0.2) is 34.9 Å². The minimum Gasteiger partial charge on any atom is -0.497 e. The standard InChI is InChI=1S/C12H13NO2/c1-9-8-13-12(15-9)7-10-3-5-11(14-2)6-4-10/h3-6,8H,7H2,1-2H3. The lowest BCUT2D eigenvalue weighted by atomic mass is 10.1. The molecular formula is C12H13NO2. The summed E-state index contributed by atoms with van der Waals surface area (Å²) >= 11 is 0. The summed E-state index contributed by atoms with van der Waals surface area (Å²) in [4.78, 5) is 4.16. The first-order valence-electron chi connectivity index (χ1n) is 4.82. The molecule has 2 aromatic rings. The van der Waals surface area contributed by atoms with Crippen LogP contribution in [0.5, 0.6) is 5.75 Å². The van der Waals surface area contributed by atoms with Crippen LogP contribution in [0.1, 0.15) is 17.2 Å². The van der Waals surface area contributed by atoms with Crippen molar-refractivity contribution in [3.8, 4) is 5.75 Å². The summed E-state index contributed by atoms with van der Waals surface area (Å²) in [6, 6.07) is 7.90. The van der Waals surface area contributed by atoms with Crippen LogP contribution in [0.2, 0.25) is 0 Å². The van der Waals surface area contributed by atoms with Gasteiger partial charge in [-0.2, -0.15) is 0 Å². The molecule has 0 aliphatic rings. The van der Waals surface area contributed by atoms with E-state index in [0.717, 1.165) is 29.4 Å². The van der Waals surface area contributed by atoms with Gasteiger partial charge in [-0.25, -0.2) is 4.98 Å². The number of benzene rings is 1. The Labute approximate surface area is 88.7 Å². The molecule has 1 aromatic heterocycles. The molecule has 0 N–H and O–H groups in total. The van der Waals surface area contributed by atoms with Crippen molar-refractivity contribution >= 4 is 0 Å². The highest BCUT2D eigenvalue weighted by Crippen LogP contribution is 2.14. The summed E-state index contributed by atoms with van der Waals surface area (Å²) in [5, 5.41) is 0. The number of oxazole rings is 1. The molecule has 1 aromatic carbocycles. The van der Waals surface area contributed by atoms with Crippen molar-refractivity contribution in [2.75, 3.05) is 7.11 Å². The van der Waals surface area contributed by atoms with Gasteiger partial charge in [-0.15, -0.1) is 0 Å². The number of aromatic nitrogens is 1. The monoisotopic (exact) mass is 203 g/mol. The maximum atomic E-state index is 5.40. The molecule has 0 radical (unpaired) electrons. The van der Waals surface area contributed by atoms with Crippen molar-refractivity contribution in [3.63, 3.8) is 0 Å². The number of aryl methyl sites for hydroxylation is 1. The highest BCUT2D eigenvalue weighted by atomic mass is 16.5. The van der Waals surface area contributed by atoms with Crippen LogP contribution in [0.3, 0.4) is 0 Å². The van der Waals surface area contributed by atoms with Crippen molar-refractivity contribution in [2.24, 2.45) is 0 Å². The highest BCUT2D eigenvalue weighted by Gasteiger charge is 2.02. The van der Waals surface area contributed by atoms with Gasteiger partial charge in [0.05, 0.1) is 13.3 Å². The van der Waals surface area contributed by atoms with Crippen LogP contribution >= 0.6 is 0 Å². The van der Waals surface area contributed by atoms with Crippen LogP contribution in [0.25, 0.3) is 0 Å². The minimum atomic E-state index is 0.720. The number of nitrogens with zero attached hydrogens (tertiary/aromatic N) is 1. The van der Waals surface area contributed by atoms with Crippen molar-refractivity contribution in [1.29, 1.82) is 0 Å². The molecule has 0 unspecified atom stereocenters.